The van der Waals surface area contributed by atoms with Gasteiger partial charge in [-0.3, -0.25) is 14.2 Å². The van der Waals surface area contributed by atoms with Gasteiger partial charge in [0.1, 0.15) is 4.83 Å². The maximum Gasteiger partial charge on any atom is 0.316 e. The van der Waals surface area contributed by atoms with Crippen LogP contribution in [-0.2, 0) is 9.53 Å². The van der Waals surface area contributed by atoms with E-state index in [0.717, 1.165) is 11.1 Å². The first kappa shape index (κ1) is 19.4. The van der Waals surface area contributed by atoms with Crippen LogP contribution >= 0.6 is 23.1 Å². The quantitative estimate of drug-likeness (QED) is 0.254. The summed E-state index contributed by atoms with van der Waals surface area (Å²) in [7, 11) is 0. The minimum Gasteiger partial charge on any atom is -0.465 e. The second kappa shape index (κ2) is 8.63. The Morgan fingerprint density at radius 2 is 1.79 bits per heavy atom. The zero-order valence-corrected chi connectivity index (χ0v) is 17.3. The lowest BCUT2D eigenvalue weighted by Gasteiger charge is -2.12. The van der Waals surface area contributed by atoms with Crippen LogP contribution in [0.5, 0.6) is 0 Å². The molecule has 2 aromatic heterocycles. The van der Waals surface area contributed by atoms with Crippen LogP contribution in [0.2, 0.25) is 0 Å². The molecule has 0 spiro atoms. The van der Waals surface area contributed by atoms with Crippen molar-refractivity contribution in [2.45, 2.75) is 12.1 Å². The van der Waals surface area contributed by atoms with Crippen LogP contribution in [-0.4, -0.2) is 27.9 Å². The Morgan fingerprint density at radius 1 is 1.10 bits per heavy atom. The fraction of sp³-hybridized carbons (Fsp3) is 0.136. The molecule has 4 aromatic rings. The molecular formula is C22H18N2O3S2. The topological polar surface area (TPSA) is 61.2 Å². The van der Waals surface area contributed by atoms with Gasteiger partial charge in [0.05, 0.1) is 23.4 Å². The minimum absolute atomic E-state index is 0.0928. The molecule has 0 saturated carbocycles. The van der Waals surface area contributed by atoms with Gasteiger partial charge < -0.3 is 4.74 Å². The number of aromatic nitrogens is 2. The maximum absolute atomic E-state index is 13.6. The number of para-hydroxylation sites is 1. The standard InChI is InChI=1S/C22H18N2O3S2/c1-2-27-18(25)14-29-22-23-20-19(17(13-28-20)15-9-5-3-6-10-15)21(26)24(22)16-11-7-4-8-12-16/h3-13H,2,14H2,1H3. The Kier molecular flexibility index (Phi) is 5.78. The van der Waals surface area contributed by atoms with E-state index in [1.807, 2.05) is 66.0 Å². The van der Waals surface area contributed by atoms with Crippen LogP contribution in [0.25, 0.3) is 27.0 Å². The van der Waals surface area contributed by atoms with Crippen molar-refractivity contribution in [2.24, 2.45) is 0 Å². The van der Waals surface area contributed by atoms with E-state index in [4.69, 9.17) is 9.72 Å². The molecule has 2 heterocycles. The molecule has 0 aliphatic heterocycles. The molecule has 0 aliphatic rings. The molecule has 0 unspecified atom stereocenters. The summed E-state index contributed by atoms with van der Waals surface area (Å²) in [5.74, 6) is -0.238. The molecule has 29 heavy (non-hydrogen) atoms. The molecule has 7 heteroatoms. The Labute approximate surface area is 176 Å². The Bertz CT molecular complexity index is 1200. The highest BCUT2D eigenvalue weighted by atomic mass is 32.2. The molecule has 0 radical (unpaired) electrons. The molecule has 0 bridgehead atoms. The van der Waals surface area contributed by atoms with E-state index in [-0.39, 0.29) is 17.3 Å². The summed E-state index contributed by atoms with van der Waals surface area (Å²) in [6.07, 6.45) is 0. The molecule has 0 amide bonds. The van der Waals surface area contributed by atoms with Crippen LogP contribution in [0.4, 0.5) is 0 Å². The molecule has 4 rings (SSSR count). The number of hydrogen-bond acceptors (Lipinski definition) is 6. The van der Waals surface area contributed by atoms with Gasteiger partial charge in [0.25, 0.3) is 5.56 Å². The third-order valence-corrected chi connectivity index (χ3v) is 6.08. The third kappa shape index (κ3) is 3.97. The number of thiophene rings is 1. The number of ether oxygens (including phenoxy) is 1. The monoisotopic (exact) mass is 422 g/mol. The van der Waals surface area contributed by atoms with Gasteiger partial charge >= 0.3 is 5.97 Å². The second-order valence-corrected chi connectivity index (χ2v) is 7.96. The fourth-order valence-corrected chi connectivity index (χ4v) is 4.83. The maximum atomic E-state index is 13.6. The van der Waals surface area contributed by atoms with Crippen LogP contribution in [0.1, 0.15) is 6.92 Å². The number of thioether (sulfide) groups is 1. The molecule has 2 aromatic carbocycles. The highest BCUT2D eigenvalue weighted by Gasteiger charge is 2.19. The highest BCUT2D eigenvalue weighted by molar-refractivity contribution is 7.99. The van der Waals surface area contributed by atoms with E-state index >= 15 is 0 Å². The molecule has 0 saturated heterocycles. The lowest BCUT2D eigenvalue weighted by atomic mass is 10.1. The molecular weight excluding hydrogens is 404 g/mol. The van der Waals surface area contributed by atoms with Gasteiger partial charge in [-0.25, -0.2) is 4.98 Å². The number of fused-ring (bicyclic) bond motifs is 1. The summed E-state index contributed by atoms with van der Waals surface area (Å²) in [6.45, 7) is 2.09. The SMILES string of the molecule is CCOC(=O)CSc1nc2scc(-c3ccccc3)c2c(=O)n1-c1ccccc1. The molecule has 0 atom stereocenters. The van der Waals surface area contributed by atoms with E-state index < -0.39 is 0 Å². The van der Waals surface area contributed by atoms with Crippen molar-refractivity contribution in [1.29, 1.82) is 0 Å². The van der Waals surface area contributed by atoms with Crippen LogP contribution in [0.15, 0.2) is 76.0 Å². The van der Waals surface area contributed by atoms with Crippen molar-refractivity contribution < 1.29 is 9.53 Å². The van der Waals surface area contributed by atoms with Crippen LogP contribution in [0, 0.1) is 0 Å². The van der Waals surface area contributed by atoms with Crippen molar-refractivity contribution in [3.05, 3.63) is 76.4 Å². The van der Waals surface area contributed by atoms with Gasteiger partial charge in [-0.15, -0.1) is 11.3 Å². The van der Waals surface area contributed by atoms with Crippen molar-refractivity contribution in [3.63, 3.8) is 0 Å². The van der Waals surface area contributed by atoms with Crippen molar-refractivity contribution in [2.75, 3.05) is 12.4 Å². The fourth-order valence-electron chi connectivity index (χ4n) is 3.03. The van der Waals surface area contributed by atoms with Gasteiger partial charge in [0.2, 0.25) is 0 Å². The second-order valence-electron chi connectivity index (χ2n) is 6.16. The van der Waals surface area contributed by atoms with Crippen molar-refractivity contribution >= 4 is 39.3 Å². The summed E-state index contributed by atoms with van der Waals surface area (Å²) >= 11 is 2.64. The Morgan fingerprint density at radius 3 is 2.48 bits per heavy atom. The largest absolute Gasteiger partial charge is 0.465 e. The van der Waals surface area contributed by atoms with E-state index in [1.54, 1.807) is 11.5 Å². The van der Waals surface area contributed by atoms with E-state index in [9.17, 15) is 9.59 Å². The molecule has 0 N–H and O–H groups in total. The Balaban J connectivity index is 1.89. The number of esters is 1. The smallest absolute Gasteiger partial charge is 0.316 e. The normalized spacial score (nSPS) is 10.9. The van der Waals surface area contributed by atoms with Gasteiger partial charge in [0.15, 0.2) is 5.16 Å². The summed E-state index contributed by atoms with van der Waals surface area (Å²) in [6, 6.07) is 19.2. The van der Waals surface area contributed by atoms with Crippen LogP contribution < -0.4 is 5.56 Å². The number of nitrogens with zero attached hydrogens (tertiary/aromatic N) is 2. The summed E-state index contributed by atoms with van der Waals surface area (Å²) < 4.78 is 6.59. The van der Waals surface area contributed by atoms with Crippen LogP contribution in [0.3, 0.4) is 0 Å². The van der Waals surface area contributed by atoms with Gasteiger partial charge in [0, 0.05) is 10.9 Å². The minimum atomic E-state index is -0.331. The number of carbonyl (C=O) groups excluding carboxylic acids is 1. The molecule has 0 fully saturated rings. The van der Waals surface area contributed by atoms with Gasteiger partial charge in [-0.1, -0.05) is 60.3 Å². The van der Waals surface area contributed by atoms with E-state index in [0.29, 0.717) is 27.7 Å². The first-order valence-electron chi connectivity index (χ1n) is 9.12. The number of carbonyl (C=O) groups is 1. The Hall–Kier alpha value is -2.90. The number of hydrogen-bond donors (Lipinski definition) is 0. The highest BCUT2D eigenvalue weighted by Crippen LogP contribution is 2.32. The van der Waals surface area contributed by atoms with Crippen molar-refractivity contribution in [1.82, 2.24) is 9.55 Å². The summed E-state index contributed by atoms with van der Waals surface area (Å²) in [5.41, 5.74) is 2.41. The zero-order valence-electron chi connectivity index (χ0n) is 15.7. The van der Waals surface area contributed by atoms with Gasteiger partial charge in [-0.2, -0.15) is 0 Å². The predicted molar refractivity (Wildman–Crippen MR) is 118 cm³/mol. The predicted octanol–water partition coefficient (Wildman–Crippen LogP) is 4.77. The molecule has 146 valence electrons. The summed E-state index contributed by atoms with van der Waals surface area (Å²) in [5, 5.41) is 3.03. The lowest BCUT2D eigenvalue weighted by Crippen LogP contribution is -2.22. The average Bonchev–Trinajstić information content (AvgIpc) is 3.18. The molecule has 5 nitrogen and oxygen atoms in total. The zero-order chi connectivity index (χ0) is 20.2. The number of benzene rings is 2. The van der Waals surface area contributed by atoms with Gasteiger partial charge in [-0.05, 0) is 24.6 Å². The first-order chi connectivity index (χ1) is 14.2. The van der Waals surface area contributed by atoms with E-state index in [2.05, 4.69) is 0 Å². The van der Waals surface area contributed by atoms with E-state index in [1.165, 1.54) is 23.1 Å². The summed E-state index contributed by atoms with van der Waals surface area (Å²) in [4.78, 5) is 30.8. The third-order valence-electron chi connectivity index (χ3n) is 4.30. The molecule has 0 aliphatic carbocycles. The number of rotatable bonds is 6. The average molecular weight is 423 g/mol. The lowest BCUT2D eigenvalue weighted by molar-refractivity contribution is -0.139. The van der Waals surface area contributed by atoms with Crippen molar-refractivity contribution in [3.8, 4) is 16.8 Å². The first-order valence-corrected chi connectivity index (χ1v) is 11.0.